The van der Waals surface area contributed by atoms with Crippen LogP contribution >= 0.6 is 0 Å². The first-order valence-corrected chi connectivity index (χ1v) is 11.2. The third-order valence-electron chi connectivity index (χ3n) is 4.68. The van der Waals surface area contributed by atoms with Gasteiger partial charge < -0.3 is 15.2 Å². The van der Waals surface area contributed by atoms with E-state index in [1.54, 1.807) is 33.8 Å². The predicted molar refractivity (Wildman–Crippen MR) is 112 cm³/mol. The van der Waals surface area contributed by atoms with E-state index in [4.69, 9.17) is 4.74 Å². The first-order valence-electron chi connectivity index (χ1n) is 9.76. The number of hydrogen-bond donors (Lipinski definition) is 3. The van der Waals surface area contributed by atoms with Gasteiger partial charge in [-0.1, -0.05) is 6.07 Å². The molecule has 0 radical (unpaired) electrons. The van der Waals surface area contributed by atoms with E-state index in [1.165, 1.54) is 12.1 Å². The molecule has 1 aliphatic heterocycles. The maximum atomic E-state index is 13.0. The molecule has 1 aromatic rings. The monoisotopic (exact) mass is 455 g/mol. The number of sulfonamides is 1. The molecule has 2 atom stereocenters. The molecule has 0 aliphatic carbocycles. The Bertz CT molecular complexity index is 969. The Hall–Kier alpha value is -2.50. The summed E-state index contributed by atoms with van der Waals surface area (Å²) in [6.45, 7) is 7.77. The Morgan fingerprint density at radius 1 is 1.19 bits per heavy atom. The number of aryl methyl sites for hydroxylation is 2. The Labute approximate surface area is 182 Å². The lowest BCUT2D eigenvalue weighted by Gasteiger charge is -2.23. The van der Waals surface area contributed by atoms with Crippen LogP contribution in [0.5, 0.6) is 0 Å². The van der Waals surface area contributed by atoms with Crippen LogP contribution in [0.15, 0.2) is 23.1 Å². The first kappa shape index (κ1) is 24.8. The number of carbonyl (C=O) groups is 3. The van der Waals surface area contributed by atoms with Gasteiger partial charge >= 0.3 is 12.0 Å². The smallest absolute Gasteiger partial charge is 0.325 e. The van der Waals surface area contributed by atoms with Gasteiger partial charge in [-0.25, -0.2) is 13.2 Å². The maximum Gasteiger partial charge on any atom is 0.325 e. The molecule has 0 bridgehead atoms. The highest BCUT2D eigenvalue weighted by molar-refractivity contribution is 7.89. The number of hydrogen-bond acceptors (Lipinski definition) is 7. The van der Waals surface area contributed by atoms with Crippen LogP contribution in [-0.4, -0.2) is 66.6 Å². The minimum absolute atomic E-state index is 0.000839. The van der Waals surface area contributed by atoms with Crippen LogP contribution in [0.2, 0.25) is 0 Å². The van der Waals surface area contributed by atoms with Crippen molar-refractivity contribution in [1.82, 2.24) is 14.9 Å². The number of nitrogens with zero attached hydrogens (tertiary/aromatic N) is 1. The summed E-state index contributed by atoms with van der Waals surface area (Å²) in [5, 5.41) is 14.5. The highest BCUT2D eigenvalue weighted by Gasteiger charge is 2.44. The number of nitrogens with one attached hydrogen (secondary N) is 2. The number of aliphatic hydroxyl groups excluding tert-OH is 1. The van der Waals surface area contributed by atoms with Gasteiger partial charge in [0, 0.05) is 18.5 Å². The van der Waals surface area contributed by atoms with Gasteiger partial charge in [0.2, 0.25) is 10.0 Å². The summed E-state index contributed by atoms with van der Waals surface area (Å²) in [4.78, 5) is 36.1. The van der Waals surface area contributed by atoms with Gasteiger partial charge in [-0.2, -0.15) is 4.31 Å². The average molecular weight is 456 g/mol. The Kier molecular flexibility index (Phi) is 7.45. The molecule has 1 heterocycles. The largest absolute Gasteiger partial charge is 0.454 e. The van der Waals surface area contributed by atoms with Crippen molar-refractivity contribution in [3.05, 3.63) is 29.3 Å². The molecule has 3 amide bonds. The average Bonchev–Trinajstić information content (AvgIpc) is 3.03. The van der Waals surface area contributed by atoms with Crippen molar-refractivity contribution in [3.63, 3.8) is 0 Å². The lowest BCUT2D eigenvalue weighted by Crippen LogP contribution is -2.49. The van der Waals surface area contributed by atoms with Gasteiger partial charge in [-0.05, 0) is 57.9 Å². The molecule has 172 valence electrons. The molecule has 2 rings (SSSR count). The van der Waals surface area contributed by atoms with Crippen molar-refractivity contribution in [1.29, 1.82) is 0 Å². The second-order valence-electron chi connectivity index (χ2n) is 8.59. The molecule has 10 nitrogen and oxygen atoms in total. The van der Waals surface area contributed by atoms with E-state index >= 15 is 0 Å². The van der Waals surface area contributed by atoms with E-state index in [2.05, 4.69) is 5.32 Å². The molecular weight excluding hydrogens is 426 g/mol. The number of esters is 1. The van der Waals surface area contributed by atoms with E-state index in [9.17, 15) is 27.9 Å². The fourth-order valence-electron chi connectivity index (χ4n) is 3.04. The van der Waals surface area contributed by atoms with Crippen molar-refractivity contribution in [3.8, 4) is 0 Å². The zero-order valence-corrected chi connectivity index (χ0v) is 19.1. The quantitative estimate of drug-likeness (QED) is 0.552. The fourth-order valence-corrected chi connectivity index (χ4v) is 4.75. The van der Waals surface area contributed by atoms with Crippen molar-refractivity contribution < 1.29 is 32.6 Å². The van der Waals surface area contributed by atoms with Crippen LogP contribution < -0.4 is 10.6 Å². The molecule has 3 N–H and O–H groups in total. The number of urea groups is 1. The third kappa shape index (κ3) is 6.49. The van der Waals surface area contributed by atoms with Gasteiger partial charge in [0.25, 0.3) is 5.91 Å². The van der Waals surface area contributed by atoms with E-state index in [-0.39, 0.29) is 17.9 Å². The molecule has 1 aromatic carbocycles. The van der Waals surface area contributed by atoms with Crippen LogP contribution in [0.1, 0.15) is 38.3 Å². The maximum absolute atomic E-state index is 13.0. The third-order valence-corrected chi connectivity index (χ3v) is 6.55. The highest BCUT2D eigenvalue weighted by atomic mass is 32.2. The first-order chi connectivity index (χ1) is 14.2. The molecule has 11 heteroatoms. The van der Waals surface area contributed by atoms with Gasteiger partial charge in [0.1, 0.15) is 6.04 Å². The van der Waals surface area contributed by atoms with Crippen LogP contribution in [0.25, 0.3) is 0 Å². The molecule has 31 heavy (non-hydrogen) atoms. The van der Waals surface area contributed by atoms with E-state index in [0.29, 0.717) is 0 Å². The van der Waals surface area contributed by atoms with Crippen LogP contribution in [0.4, 0.5) is 4.79 Å². The molecule has 0 spiro atoms. The number of amides is 3. The van der Waals surface area contributed by atoms with Crippen molar-refractivity contribution in [2.24, 2.45) is 0 Å². The zero-order valence-electron chi connectivity index (χ0n) is 18.3. The summed E-state index contributed by atoms with van der Waals surface area (Å²) in [7, 11) is -4.08. The van der Waals surface area contributed by atoms with E-state index in [0.717, 1.165) is 15.4 Å². The minimum Gasteiger partial charge on any atom is -0.454 e. The second kappa shape index (κ2) is 9.33. The number of aliphatic hydroxyl groups is 1. The molecule has 0 saturated carbocycles. The summed E-state index contributed by atoms with van der Waals surface area (Å²) < 4.78 is 31.9. The molecule has 1 saturated heterocycles. The molecule has 0 aromatic heterocycles. The Morgan fingerprint density at radius 3 is 2.42 bits per heavy atom. The van der Waals surface area contributed by atoms with Gasteiger partial charge in [-0.3, -0.25) is 14.9 Å². The number of carbonyl (C=O) groups excluding carboxylic acids is 3. The van der Waals surface area contributed by atoms with E-state index < -0.39 is 52.2 Å². The predicted octanol–water partition coefficient (Wildman–Crippen LogP) is 0.595. The zero-order chi connectivity index (χ0) is 23.6. The summed E-state index contributed by atoms with van der Waals surface area (Å²) >= 11 is 0. The van der Waals surface area contributed by atoms with Gasteiger partial charge in [-0.15, -0.1) is 0 Å². The van der Waals surface area contributed by atoms with Crippen molar-refractivity contribution in [2.45, 2.75) is 63.6 Å². The number of benzene rings is 1. The van der Waals surface area contributed by atoms with Crippen LogP contribution in [0, 0.1) is 13.8 Å². The molecule has 1 unspecified atom stereocenters. The van der Waals surface area contributed by atoms with Crippen molar-refractivity contribution in [2.75, 3.05) is 13.2 Å². The Morgan fingerprint density at radius 2 is 1.84 bits per heavy atom. The number of rotatable bonds is 5. The van der Waals surface area contributed by atoms with E-state index in [1.807, 2.05) is 12.2 Å². The highest BCUT2D eigenvalue weighted by Crippen LogP contribution is 2.28. The standard InChI is InChI=1S/C20H29N3O7S/c1-12-6-7-15(8-13(12)2)31(28,29)23-10-14(24)9-16(23)18(26)30-11-17(25)21-19(27)22-20(3,4)5/h6-8,14,16,24H,9-11H2,1-5H3,(H2,21,22,25,27)/t14?,16-/m0/s1. The molecular formula is C20H29N3O7S. The Balaban J connectivity index is 2.06. The van der Waals surface area contributed by atoms with Crippen LogP contribution in [0.3, 0.4) is 0 Å². The lowest BCUT2D eigenvalue weighted by molar-refractivity contribution is -0.151. The molecule has 1 aliphatic rings. The topological polar surface area (TPSA) is 142 Å². The summed E-state index contributed by atoms with van der Waals surface area (Å²) in [6.07, 6.45) is -1.21. The van der Waals surface area contributed by atoms with Crippen LogP contribution in [-0.2, 0) is 24.3 Å². The number of imide groups is 1. The van der Waals surface area contributed by atoms with Gasteiger partial charge in [0.05, 0.1) is 11.0 Å². The summed E-state index contributed by atoms with van der Waals surface area (Å²) in [5.74, 6) is -1.84. The summed E-state index contributed by atoms with van der Waals surface area (Å²) in [5.41, 5.74) is 1.12. The number of ether oxygens (including phenoxy) is 1. The van der Waals surface area contributed by atoms with Crippen molar-refractivity contribution >= 4 is 27.9 Å². The minimum atomic E-state index is -4.08. The lowest BCUT2D eigenvalue weighted by atomic mass is 10.1. The SMILES string of the molecule is Cc1ccc(S(=O)(=O)N2CC(O)C[C@H]2C(=O)OCC(=O)NC(=O)NC(C)(C)C)cc1C. The van der Waals surface area contributed by atoms with Gasteiger partial charge in [0.15, 0.2) is 6.61 Å². The normalized spacial score (nSPS) is 19.7. The molecule has 1 fully saturated rings. The fraction of sp³-hybridized carbons (Fsp3) is 0.550. The number of β-amino-alcohol motifs (C(OH)–C–C–N with tert-alkyl or cyclic N) is 1. The second-order valence-corrected chi connectivity index (χ2v) is 10.5. The summed E-state index contributed by atoms with van der Waals surface area (Å²) in [6, 6.07) is 2.57.